The van der Waals surface area contributed by atoms with Crippen molar-refractivity contribution in [3.8, 4) is 0 Å². The highest BCUT2D eigenvalue weighted by Crippen LogP contribution is 2.15. The molecule has 324 valence electrons. The zero-order valence-electron chi connectivity index (χ0n) is 35.9. The molecule has 0 atom stereocenters. The summed E-state index contributed by atoms with van der Waals surface area (Å²) < 4.78 is 0. The molecule has 0 saturated carbocycles. The van der Waals surface area contributed by atoms with Crippen LogP contribution in [0, 0.1) is 0 Å². The van der Waals surface area contributed by atoms with Crippen LogP contribution in [-0.2, 0) is 78.5 Å². The molecule has 0 unspecified atom stereocenters. The maximum atomic E-state index is 3.72. The van der Waals surface area contributed by atoms with Crippen LogP contribution in [0.2, 0.25) is 0 Å². The molecule has 12 N–H and O–H groups in total. The first-order valence-electron chi connectivity index (χ1n) is 22.7. The number of hydrogen-bond donors (Lipinski definition) is 12. The fourth-order valence-electron chi connectivity index (χ4n) is 8.44. The van der Waals surface area contributed by atoms with Gasteiger partial charge in [-0.1, -0.05) is 72.8 Å². The molecule has 4 aliphatic heterocycles. The second-order valence-electron chi connectivity index (χ2n) is 16.8. The van der Waals surface area contributed by atoms with Crippen molar-refractivity contribution in [3.05, 3.63) is 140 Å². The monoisotopic (exact) mass is 817 g/mol. The third-order valence-electron chi connectivity index (χ3n) is 11.3. The van der Waals surface area contributed by atoms with Crippen LogP contribution >= 0.6 is 0 Å². The number of hydrogen-bond acceptors (Lipinski definition) is 12. The quantitative estimate of drug-likeness (QED) is 0.126. The Kier molecular flexibility index (Phi) is 18.8. The molecule has 60 heavy (non-hydrogen) atoms. The maximum Gasteiger partial charge on any atom is 0.0206 e. The van der Waals surface area contributed by atoms with E-state index >= 15 is 0 Å². The largest absolute Gasteiger partial charge is 0.311 e. The van der Waals surface area contributed by atoms with Crippen LogP contribution in [0.15, 0.2) is 72.8 Å². The van der Waals surface area contributed by atoms with Gasteiger partial charge in [0.2, 0.25) is 0 Å². The molecule has 0 amide bonds. The summed E-state index contributed by atoms with van der Waals surface area (Å²) >= 11 is 0. The summed E-state index contributed by atoms with van der Waals surface area (Å²) in [5.74, 6) is 0. The van der Waals surface area contributed by atoms with E-state index in [2.05, 4.69) is 137 Å². The average molecular weight is 817 g/mol. The summed E-state index contributed by atoms with van der Waals surface area (Å²) in [6.45, 7) is 21.0. The lowest BCUT2D eigenvalue weighted by Gasteiger charge is -2.14. The summed E-state index contributed by atoms with van der Waals surface area (Å²) in [7, 11) is 0. The van der Waals surface area contributed by atoms with Crippen LogP contribution in [-0.4, -0.2) is 78.5 Å². The number of rotatable bonds is 0. The van der Waals surface area contributed by atoms with Gasteiger partial charge in [0.05, 0.1) is 0 Å². The summed E-state index contributed by atoms with van der Waals surface area (Å²) in [5.41, 5.74) is 16.0. The fourth-order valence-corrected chi connectivity index (χ4v) is 8.44. The molecule has 0 saturated heterocycles. The van der Waals surface area contributed by atoms with Crippen molar-refractivity contribution in [1.82, 2.24) is 63.8 Å². The van der Waals surface area contributed by atoms with Gasteiger partial charge in [0.15, 0.2) is 0 Å². The van der Waals surface area contributed by atoms with E-state index in [4.69, 9.17) is 0 Å². The minimum Gasteiger partial charge on any atom is -0.311 e. The molecular weight excluding hydrogens is 745 g/mol. The second kappa shape index (κ2) is 25.4. The molecule has 0 fully saturated rings. The maximum absolute atomic E-state index is 3.72. The molecule has 0 spiro atoms. The zero-order valence-corrected chi connectivity index (χ0v) is 35.9. The third kappa shape index (κ3) is 16.0. The van der Waals surface area contributed by atoms with Crippen LogP contribution < -0.4 is 63.8 Å². The molecule has 12 heteroatoms. The molecule has 0 radical (unpaired) electrons. The molecule has 12 bridgehead atoms. The minimum atomic E-state index is 0.847. The minimum absolute atomic E-state index is 0.847. The van der Waals surface area contributed by atoms with Crippen molar-refractivity contribution in [2.45, 2.75) is 78.5 Å². The number of nitrogens with one attached hydrogen (secondary N) is 12. The van der Waals surface area contributed by atoms with Crippen molar-refractivity contribution in [3.63, 3.8) is 0 Å². The zero-order chi connectivity index (χ0) is 40.9. The van der Waals surface area contributed by atoms with E-state index in [1.54, 1.807) is 0 Å². The molecule has 0 aromatic heterocycles. The smallest absolute Gasteiger partial charge is 0.0206 e. The Morgan fingerprint density at radius 3 is 0.317 bits per heavy atom. The summed E-state index contributed by atoms with van der Waals surface area (Å²) in [6, 6.07) is 28.4. The molecule has 0 aliphatic carbocycles. The van der Waals surface area contributed by atoms with Crippen LogP contribution in [0.3, 0.4) is 0 Å². The van der Waals surface area contributed by atoms with Crippen molar-refractivity contribution < 1.29 is 0 Å². The van der Waals surface area contributed by atoms with Gasteiger partial charge >= 0.3 is 0 Å². The molecule has 12 nitrogen and oxygen atoms in total. The van der Waals surface area contributed by atoms with Gasteiger partial charge in [-0.3, -0.25) is 0 Å². The topological polar surface area (TPSA) is 144 Å². The van der Waals surface area contributed by atoms with Crippen LogP contribution in [0.5, 0.6) is 0 Å². The van der Waals surface area contributed by atoms with Gasteiger partial charge in [-0.2, -0.15) is 0 Å². The van der Waals surface area contributed by atoms with E-state index in [1.165, 1.54) is 66.8 Å². The first kappa shape index (κ1) is 44.5. The first-order chi connectivity index (χ1) is 29.7. The van der Waals surface area contributed by atoms with Crippen LogP contribution in [0.4, 0.5) is 0 Å². The lowest BCUT2D eigenvalue weighted by molar-refractivity contribution is 0.600. The van der Waals surface area contributed by atoms with Gasteiger partial charge in [0, 0.05) is 157 Å². The van der Waals surface area contributed by atoms with Gasteiger partial charge in [-0.05, 0) is 66.8 Å². The molecule has 4 aliphatic rings. The van der Waals surface area contributed by atoms with Crippen LogP contribution in [0.25, 0.3) is 0 Å². The average Bonchev–Trinajstić information content (AvgIpc) is 3.24. The second-order valence-corrected chi connectivity index (χ2v) is 16.8. The summed E-state index contributed by atoms with van der Waals surface area (Å²) in [6.07, 6.45) is 0. The van der Waals surface area contributed by atoms with E-state index in [9.17, 15) is 0 Å². The molecule has 4 aromatic carbocycles. The van der Waals surface area contributed by atoms with Gasteiger partial charge in [-0.15, -0.1) is 0 Å². The SMILES string of the molecule is c1c2cc3cc1CNCCNCc1cc4cc(c1)CNCCNCc1cc(cc(c1)CNCCNCc1cc(cc(c1)CNCCNC4)CNCCNC2)CNCCNC3. The molecule has 8 rings (SSSR count). The predicted octanol–water partition coefficient (Wildman–Crippen LogP) is 1.90. The predicted molar refractivity (Wildman–Crippen MR) is 246 cm³/mol. The van der Waals surface area contributed by atoms with Gasteiger partial charge < -0.3 is 63.8 Å². The first-order valence-corrected chi connectivity index (χ1v) is 22.7. The van der Waals surface area contributed by atoms with Crippen molar-refractivity contribution in [2.75, 3.05) is 78.5 Å². The lowest BCUT2D eigenvalue weighted by Crippen LogP contribution is -2.28. The third-order valence-corrected chi connectivity index (χ3v) is 11.3. The Hall–Kier alpha value is -3.60. The van der Waals surface area contributed by atoms with Crippen molar-refractivity contribution in [1.29, 1.82) is 0 Å². The molecular formula is C48H72N12. The highest BCUT2D eigenvalue weighted by Gasteiger charge is 2.08. The molecule has 4 heterocycles. The van der Waals surface area contributed by atoms with E-state index in [1.807, 2.05) is 0 Å². The highest BCUT2D eigenvalue weighted by molar-refractivity contribution is 5.33. The van der Waals surface area contributed by atoms with Gasteiger partial charge in [-0.25, -0.2) is 0 Å². The Morgan fingerprint density at radius 1 is 0.150 bits per heavy atom. The normalized spacial score (nSPS) is 19.6. The van der Waals surface area contributed by atoms with Crippen molar-refractivity contribution in [2.24, 2.45) is 0 Å². The molecule has 4 aromatic rings. The highest BCUT2D eigenvalue weighted by atomic mass is 15.0. The Labute approximate surface area is 359 Å². The number of fused-ring (bicyclic) bond motifs is 30. The van der Waals surface area contributed by atoms with Crippen LogP contribution in [0.1, 0.15) is 66.8 Å². The Morgan fingerprint density at radius 2 is 0.233 bits per heavy atom. The van der Waals surface area contributed by atoms with Gasteiger partial charge in [0.25, 0.3) is 0 Å². The Balaban J connectivity index is 1.17. The summed E-state index contributed by atoms with van der Waals surface area (Å²) in [4.78, 5) is 0. The standard InChI is InChI=1S/C48H72N12/c1-2-50-26-38-15-41-18-42(16-38)30-54-8-10-58-34-46-20-44-22-48(24-46)36-60-12-11-59-35-47-21-43(19-45(23-47)33-57-9-7-53-29-41)31-55-5-3-51-27-39-13-37(25-49-1)14-40(17-39)28-52-4-6-56-32-44/h13-24,49-60H,1-12,25-36H2. The number of benzene rings is 4. The van der Waals surface area contributed by atoms with E-state index < -0.39 is 0 Å². The van der Waals surface area contributed by atoms with E-state index in [0.717, 1.165) is 157 Å². The fraction of sp³-hybridized carbons (Fsp3) is 0.500. The van der Waals surface area contributed by atoms with E-state index in [-0.39, 0.29) is 0 Å². The summed E-state index contributed by atoms with van der Waals surface area (Å²) in [5, 5.41) is 44.6. The Bertz CT molecular complexity index is 1350. The lowest BCUT2D eigenvalue weighted by atomic mass is 10.0. The van der Waals surface area contributed by atoms with E-state index in [0.29, 0.717) is 0 Å². The van der Waals surface area contributed by atoms with Gasteiger partial charge in [0.1, 0.15) is 0 Å². The van der Waals surface area contributed by atoms with Crippen molar-refractivity contribution >= 4 is 0 Å².